The number of ether oxygens (including phenoxy) is 5. The highest BCUT2D eigenvalue weighted by Crippen LogP contribution is 2.39. The molecule has 0 aliphatic carbocycles. The first-order chi connectivity index (χ1) is 17.0. The van der Waals surface area contributed by atoms with Crippen LogP contribution in [0.25, 0.3) is 0 Å². The lowest BCUT2D eigenvalue weighted by Gasteiger charge is -2.42. The van der Waals surface area contributed by atoms with Gasteiger partial charge in [-0.25, -0.2) is 8.42 Å². The third kappa shape index (κ3) is 5.39. The number of fused-ring (bicyclic) bond motifs is 1. The first kappa shape index (κ1) is 26.1. The summed E-state index contributed by atoms with van der Waals surface area (Å²) < 4.78 is 56.6. The van der Waals surface area contributed by atoms with Crippen LogP contribution in [0.15, 0.2) is 59.5 Å². The molecule has 0 radical (unpaired) electrons. The van der Waals surface area contributed by atoms with Crippen molar-refractivity contribution >= 4 is 22.0 Å². The molecule has 0 N–H and O–H groups in total. The number of carbonyl (C=O) groups excluding carboxylic acids is 2. The largest absolute Gasteiger partial charge is 0.497 e. The summed E-state index contributed by atoms with van der Waals surface area (Å²) in [6, 6.07) is 13.2. The van der Waals surface area contributed by atoms with Gasteiger partial charge in [0.05, 0.1) is 12.0 Å². The predicted molar refractivity (Wildman–Crippen MR) is 126 cm³/mol. The molecule has 2 aromatic carbocycles. The Labute approximate surface area is 210 Å². The van der Waals surface area contributed by atoms with Crippen molar-refractivity contribution in [1.82, 2.24) is 4.31 Å². The van der Waals surface area contributed by atoms with Gasteiger partial charge in [-0.05, 0) is 43.7 Å². The number of sulfonamides is 1. The molecule has 11 heteroatoms. The number of rotatable bonds is 7. The van der Waals surface area contributed by atoms with Gasteiger partial charge in [-0.1, -0.05) is 30.3 Å². The molecule has 0 spiro atoms. The minimum atomic E-state index is -4.26. The van der Waals surface area contributed by atoms with E-state index in [1.54, 1.807) is 38.1 Å². The SMILES string of the molecule is COc1ccc(S(=O)(=O)N2C[C@@H]3OC(C)(C)O[C@@H]3[C@@H](OC(C)=O)[C@@H]2C(=O)OCc2ccccc2)cc1. The maximum atomic E-state index is 13.8. The Morgan fingerprint density at radius 1 is 1.06 bits per heavy atom. The second-order valence-electron chi connectivity index (χ2n) is 9.00. The minimum Gasteiger partial charge on any atom is -0.497 e. The fourth-order valence-electron chi connectivity index (χ4n) is 4.44. The standard InChI is InChI=1S/C25H29NO9S/c1-16(27)33-23-21(24(28)32-15-17-8-6-5-7-9-17)26(14-20-22(23)35-25(2,3)34-20)36(29,30)19-12-10-18(31-4)11-13-19/h5-13,20-23H,14-15H2,1-4H3/t20-,21+,22-,23-/m0/s1. The summed E-state index contributed by atoms with van der Waals surface area (Å²) in [5.74, 6) is -2.17. The van der Waals surface area contributed by atoms with E-state index in [4.69, 9.17) is 23.7 Å². The second kappa shape index (κ2) is 10.2. The first-order valence-electron chi connectivity index (χ1n) is 11.4. The maximum Gasteiger partial charge on any atom is 0.328 e. The van der Waals surface area contributed by atoms with Crippen LogP contribution >= 0.6 is 0 Å². The first-order valence-corrected chi connectivity index (χ1v) is 12.8. The summed E-state index contributed by atoms with van der Waals surface area (Å²) in [6.07, 6.45) is -2.95. The Hall–Kier alpha value is -2.99. The lowest BCUT2D eigenvalue weighted by molar-refractivity contribution is -0.181. The van der Waals surface area contributed by atoms with Crippen molar-refractivity contribution in [3.63, 3.8) is 0 Å². The van der Waals surface area contributed by atoms with E-state index in [0.717, 1.165) is 9.87 Å². The van der Waals surface area contributed by atoms with E-state index < -0.39 is 52.1 Å². The van der Waals surface area contributed by atoms with Gasteiger partial charge in [0.1, 0.15) is 24.6 Å². The number of benzene rings is 2. The van der Waals surface area contributed by atoms with E-state index in [-0.39, 0.29) is 18.0 Å². The van der Waals surface area contributed by atoms with Gasteiger partial charge >= 0.3 is 11.9 Å². The Bertz CT molecular complexity index is 1200. The summed E-state index contributed by atoms with van der Waals surface area (Å²) in [4.78, 5) is 25.5. The third-order valence-electron chi connectivity index (χ3n) is 5.96. The van der Waals surface area contributed by atoms with E-state index in [9.17, 15) is 18.0 Å². The molecular formula is C25H29NO9S. The third-order valence-corrected chi connectivity index (χ3v) is 7.82. The van der Waals surface area contributed by atoms with Gasteiger partial charge in [-0.2, -0.15) is 4.31 Å². The summed E-state index contributed by atoms with van der Waals surface area (Å²) in [5, 5.41) is 0. The summed E-state index contributed by atoms with van der Waals surface area (Å²) in [6.45, 7) is 4.23. The van der Waals surface area contributed by atoms with E-state index >= 15 is 0 Å². The molecule has 0 amide bonds. The number of hydrogen-bond acceptors (Lipinski definition) is 9. The molecule has 0 unspecified atom stereocenters. The van der Waals surface area contributed by atoms with Crippen LogP contribution in [0.1, 0.15) is 26.3 Å². The molecular weight excluding hydrogens is 490 g/mol. The van der Waals surface area contributed by atoms with E-state index in [2.05, 4.69) is 0 Å². The van der Waals surface area contributed by atoms with Crippen LogP contribution in [0.5, 0.6) is 5.75 Å². The fourth-order valence-corrected chi connectivity index (χ4v) is 6.04. The van der Waals surface area contributed by atoms with Crippen LogP contribution in [0.2, 0.25) is 0 Å². The van der Waals surface area contributed by atoms with Gasteiger partial charge in [-0.3, -0.25) is 9.59 Å². The zero-order valence-electron chi connectivity index (χ0n) is 20.4. The normalized spacial score (nSPS) is 25.6. The van der Waals surface area contributed by atoms with Crippen LogP contribution in [-0.4, -0.2) is 68.5 Å². The Kier molecular flexibility index (Phi) is 7.37. The quantitative estimate of drug-likeness (QED) is 0.508. The van der Waals surface area contributed by atoms with Crippen LogP contribution < -0.4 is 4.74 Å². The van der Waals surface area contributed by atoms with Gasteiger partial charge < -0.3 is 23.7 Å². The minimum absolute atomic E-state index is 0.0673. The molecule has 2 saturated heterocycles. The number of carbonyl (C=O) groups is 2. The summed E-state index contributed by atoms with van der Waals surface area (Å²) in [5.41, 5.74) is 0.717. The van der Waals surface area contributed by atoms with Gasteiger partial charge in [-0.15, -0.1) is 0 Å². The average Bonchev–Trinajstić information content (AvgIpc) is 3.16. The van der Waals surface area contributed by atoms with Gasteiger partial charge in [0.2, 0.25) is 10.0 Å². The predicted octanol–water partition coefficient (Wildman–Crippen LogP) is 2.26. The molecule has 4 atom stereocenters. The fraction of sp³-hybridized carbons (Fsp3) is 0.440. The van der Waals surface area contributed by atoms with E-state index in [1.807, 2.05) is 6.07 Å². The highest BCUT2D eigenvalue weighted by molar-refractivity contribution is 7.89. The lowest BCUT2D eigenvalue weighted by Crippen LogP contribution is -2.65. The molecule has 2 aliphatic heterocycles. The smallest absolute Gasteiger partial charge is 0.328 e. The van der Waals surface area contributed by atoms with Crippen molar-refractivity contribution < 1.29 is 41.7 Å². The Balaban J connectivity index is 1.73. The molecule has 0 saturated carbocycles. The molecule has 0 bridgehead atoms. The summed E-state index contributed by atoms with van der Waals surface area (Å²) in [7, 11) is -2.79. The highest BCUT2D eigenvalue weighted by Gasteiger charge is 2.59. The van der Waals surface area contributed by atoms with Gasteiger partial charge in [0.25, 0.3) is 0 Å². The monoisotopic (exact) mass is 519 g/mol. The van der Waals surface area contributed by atoms with E-state index in [0.29, 0.717) is 5.75 Å². The highest BCUT2D eigenvalue weighted by atomic mass is 32.2. The zero-order chi connectivity index (χ0) is 26.1. The molecule has 2 heterocycles. The number of esters is 2. The van der Waals surface area contributed by atoms with Crippen molar-refractivity contribution in [1.29, 1.82) is 0 Å². The molecule has 2 aliphatic rings. The van der Waals surface area contributed by atoms with Crippen LogP contribution in [0.3, 0.4) is 0 Å². The molecule has 0 aromatic heterocycles. The lowest BCUT2D eigenvalue weighted by atomic mass is 9.95. The molecule has 4 rings (SSSR count). The molecule has 2 aromatic rings. The zero-order valence-corrected chi connectivity index (χ0v) is 21.3. The number of nitrogens with zero attached hydrogens (tertiary/aromatic N) is 1. The van der Waals surface area contributed by atoms with Crippen molar-refractivity contribution in [3.05, 3.63) is 60.2 Å². The van der Waals surface area contributed by atoms with E-state index in [1.165, 1.54) is 38.3 Å². The molecule has 2 fully saturated rings. The Morgan fingerprint density at radius 2 is 1.72 bits per heavy atom. The summed E-state index contributed by atoms with van der Waals surface area (Å²) >= 11 is 0. The van der Waals surface area contributed by atoms with Gasteiger partial charge in [0.15, 0.2) is 17.9 Å². The van der Waals surface area contributed by atoms with Crippen molar-refractivity contribution in [2.45, 2.75) is 62.4 Å². The van der Waals surface area contributed by atoms with Crippen LogP contribution in [0, 0.1) is 0 Å². The molecule has 10 nitrogen and oxygen atoms in total. The van der Waals surface area contributed by atoms with Crippen molar-refractivity contribution in [2.24, 2.45) is 0 Å². The van der Waals surface area contributed by atoms with Gasteiger partial charge in [0, 0.05) is 13.5 Å². The topological polar surface area (TPSA) is 118 Å². The molecule has 194 valence electrons. The Morgan fingerprint density at radius 3 is 2.33 bits per heavy atom. The van der Waals surface area contributed by atoms with Crippen molar-refractivity contribution in [2.75, 3.05) is 13.7 Å². The maximum absolute atomic E-state index is 13.8. The molecule has 36 heavy (non-hydrogen) atoms. The second-order valence-corrected chi connectivity index (χ2v) is 10.9. The average molecular weight is 520 g/mol. The van der Waals surface area contributed by atoms with Crippen molar-refractivity contribution in [3.8, 4) is 5.75 Å². The van der Waals surface area contributed by atoms with Crippen LogP contribution in [-0.2, 0) is 45.2 Å². The number of methoxy groups -OCH3 is 1. The number of piperidine rings is 1. The number of hydrogen-bond donors (Lipinski definition) is 0. The van der Waals surface area contributed by atoms with Crippen LogP contribution in [0.4, 0.5) is 0 Å².